The molecule has 2 rings (SSSR count). The van der Waals surface area contributed by atoms with E-state index in [1.54, 1.807) is 0 Å². The van der Waals surface area contributed by atoms with Gasteiger partial charge in [-0.05, 0) is 13.5 Å². The molecule has 0 aromatic rings. The Morgan fingerprint density at radius 3 is 2.90 bits per heavy atom. The van der Waals surface area contributed by atoms with Crippen molar-refractivity contribution in [2.45, 2.75) is 31.4 Å². The molecular weight excluding hydrogens is 294 g/mol. The molecule has 0 aromatic carbocycles. The molecule has 21 heavy (non-hydrogen) atoms. The van der Waals surface area contributed by atoms with E-state index in [2.05, 4.69) is 17.1 Å². The summed E-state index contributed by atoms with van der Waals surface area (Å²) < 4.78 is 5.63. The molecule has 0 spiro atoms. The lowest BCUT2D eigenvalue weighted by Crippen LogP contribution is -2.53. The van der Waals surface area contributed by atoms with Gasteiger partial charge in [-0.2, -0.15) is 0 Å². The van der Waals surface area contributed by atoms with Crippen molar-refractivity contribution in [3.05, 3.63) is 0 Å². The predicted octanol–water partition coefficient (Wildman–Crippen LogP) is 0.265. The molecule has 2 saturated heterocycles. The Morgan fingerprint density at radius 2 is 2.24 bits per heavy atom. The third-order valence-corrected chi connectivity index (χ3v) is 5.11. The third kappa shape index (κ3) is 4.02. The monoisotopic (exact) mass is 317 g/mol. The quantitative estimate of drug-likeness (QED) is 0.774. The van der Waals surface area contributed by atoms with E-state index in [0.717, 1.165) is 19.6 Å². The van der Waals surface area contributed by atoms with Crippen molar-refractivity contribution < 1.29 is 19.4 Å². The molecule has 2 amide bonds. The molecule has 120 valence electrons. The molecule has 0 aromatic heterocycles. The fourth-order valence-corrected chi connectivity index (χ4v) is 3.79. The molecule has 2 aliphatic rings. The van der Waals surface area contributed by atoms with E-state index >= 15 is 0 Å². The molecule has 2 fully saturated rings. The van der Waals surface area contributed by atoms with Crippen molar-refractivity contribution in [2.24, 2.45) is 0 Å². The summed E-state index contributed by atoms with van der Waals surface area (Å²) in [6.45, 7) is 7.71. The highest BCUT2D eigenvalue weighted by Crippen LogP contribution is 2.28. The van der Waals surface area contributed by atoms with Crippen molar-refractivity contribution in [3.63, 3.8) is 0 Å². The zero-order valence-corrected chi connectivity index (χ0v) is 13.3. The van der Waals surface area contributed by atoms with Gasteiger partial charge in [0.2, 0.25) is 0 Å². The van der Waals surface area contributed by atoms with E-state index in [9.17, 15) is 9.59 Å². The summed E-state index contributed by atoms with van der Waals surface area (Å²) in [6.07, 6.45) is -0.0310. The summed E-state index contributed by atoms with van der Waals surface area (Å²) in [4.78, 5) is 27.1. The van der Waals surface area contributed by atoms with E-state index in [1.807, 2.05) is 6.92 Å². The Bertz CT molecular complexity index is 396. The van der Waals surface area contributed by atoms with Crippen LogP contribution in [0.3, 0.4) is 0 Å². The SMILES string of the molecule is CCN1CCOC(CNC(=O)N2C(C)SCC2C(=O)O)C1. The summed E-state index contributed by atoms with van der Waals surface area (Å²) in [5.74, 6) is -0.513. The van der Waals surface area contributed by atoms with E-state index in [4.69, 9.17) is 9.84 Å². The Morgan fingerprint density at radius 1 is 1.48 bits per heavy atom. The second-order valence-corrected chi connectivity index (χ2v) is 6.61. The average Bonchev–Trinajstić information content (AvgIpc) is 2.87. The van der Waals surface area contributed by atoms with Gasteiger partial charge < -0.3 is 15.2 Å². The van der Waals surface area contributed by atoms with Gasteiger partial charge in [-0.25, -0.2) is 9.59 Å². The second kappa shape index (κ2) is 7.33. The maximum absolute atomic E-state index is 12.2. The van der Waals surface area contributed by atoms with Crippen molar-refractivity contribution >= 4 is 23.8 Å². The van der Waals surface area contributed by atoms with Crippen molar-refractivity contribution in [1.29, 1.82) is 0 Å². The van der Waals surface area contributed by atoms with Crippen molar-refractivity contribution in [2.75, 3.05) is 38.5 Å². The lowest BCUT2D eigenvalue weighted by Gasteiger charge is -2.33. The minimum atomic E-state index is -0.951. The molecule has 0 saturated carbocycles. The van der Waals surface area contributed by atoms with Gasteiger partial charge in [0.15, 0.2) is 0 Å². The molecule has 2 heterocycles. The third-order valence-electron chi connectivity index (χ3n) is 3.89. The van der Waals surface area contributed by atoms with Gasteiger partial charge in [-0.1, -0.05) is 6.92 Å². The normalized spacial score (nSPS) is 30.4. The molecule has 2 aliphatic heterocycles. The maximum Gasteiger partial charge on any atom is 0.327 e. The number of carboxylic acid groups (broad SMARTS) is 1. The first-order valence-corrected chi connectivity index (χ1v) is 8.32. The van der Waals surface area contributed by atoms with Gasteiger partial charge in [0.05, 0.1) is 18.1 Å². The number of aliphatic carboxylic acids is 1. The summed E-state index contributed by atoms with van der Waals surface area (Å²) in [5, 5.41) is 11.9. The number of carboxylic acids is 1. The molecule has 7 nitrogen and oxygen atoms in total. The lowest BCUT2D eigenvalue weighted by molar-refractivity contribution is -0.141. The minimum Gasteiger partial charge on any atom is -0.480 e. The average molecular weight is 317 g/mol. The number of rotatable bonds is 4. The van der Waals surface area contributed by atoms with Crippen LogP contribution in [0.25, 0.3) is 0 Å². The van der Waals surface area contributed by atoms with E-state index in [-0.39, 0.29) is 17.5 Å². The van der Waals surface area contributed by atoms with E-state index in [0.29, 0.717) is 18.9 Å². The van der Waals surface area contributed by atoms with Gasteiger partial charge in [-0.3, -0.25) is 9.80 Å². The van der Waals surface area contributed by atoms with Crippen LogP contribution < -0.4 is 5.32 Å². The molecule has 3 atom stereocenters. The fourth-order valence-electron chi connectivity index (χ4n) is 2.62. The van der Waals surface area contributed by atoms with Gasteiger partial charge in [0.1, 0.15) is 6.04 Å². The highest BCUT2D eigenvalue weighted by molar-refractivity contribution is 8.00. The largest absolute Gasteiger partial charge is 0.480 e. The molecule has 8 heteroatoms. The first-order valence-electron chi connectivity index (χ1n) is 7.27. The van der Waals surface area contributed by atoms with Crippen LogP contribution in [0.1, 0.15) is 13.8 Å². The van der Waals surface area contributed by atoms with Gasteiger partial charge >= 0.3 is 12.0 Å². The van der Waals surface area contributed by atoms with Crippen LogP contribution in [-0.2, 0) is 9.53 Å². The molecule has 0 bridgehead atoms. The number of urea groups is 1. The topological polar surface area (TPSA) is 82.1 Å². The number of nitrogens with one attached hydrogen (secondary N) is 1. The predicted molar refractivity (Wildman–Crippen MR) is 80.4 cm³/mol. The van der Waals surface area contributed by atoms with Crippen LogP contribution in [0, 0.1) is 0 Å². The van der Waals surface area contributed by atoms with Crippen molar-refractivity contribution in [3.8, 4) is 0 Å². The summed E-state index contributed by atoms with van der Waals surface area (Å²) in [5.41, 5.74) is 0. The molecule has 0 radical (unpaired) electrons. The number of carbonyl (C=O) groups is 2. The van der Waals surface area contributed by atoms with Gasteiger partial charge in [0, 0.05) is 25.4 Å². The van der Waals surface area contributed by atoms with Crippen LogP contribution in [0.4, 0.5) is 4.79 Å². The highest BCUT2D eigenvalue weighted by Gasteiger charge is 2.39. The number of hydrogen-bond donors (Lipinski definition) is 2. The molecular formula is C13H23N3O4S. The van der Waals surface area contributed by atoms with Crippen LogP contribution in [0.15, 0.2) is 0 Å². The van der Waals surface area contributed by atoms with Crippen LogP contribution >= 0.6 is 11.8 Å². The maximum atomic E-state index is 12.2. The van der Waals surface area contributed by atoms with Crippen LogP contribution in [-0.4, -0.2) is 83.0 Å². The summed E-state index contributed by atoms with van der Waals surface area (Å²) in [7, 11) is 0. The smallest absolute Gasteiger partial charge is 0.327 e. The number of nitrogens with zero attached hydrogens (tertiary/aromatic N) is 2. The van der Waals surface area contributed by atoms with E-state index in [1.165, 1.54) is 16.7 Å². The standard InChI is InChI=1S/C13H23N3O4S/c1-3-15-4-5-20-10(7-15)6-14-13(19)16-9(2)21-8-11(16)12(17)18/h9-11H,3-8H2,1-2H3,(H,14,19)(H,17,18). The number of carbonyl (C=O) groups excluding carboxylic acids is 1. The number of amides is 2. The molecule has 2 N–H and O–H groups in total. The number of hydrogen-bond acceptors (Lipinski definition) is 5. The van der Waals surface area contributed by atoms with E-state index < -0.39 is 12.0 Å². The minimum absolute atomic E-state index is 0.0310. The summed E-state index contributed by atoms with van der Waals surface area (Å²) in [6, 6.07) is -1.07. The number of morpholine rings is 1. The second-order valence-electron chi connectivity index (χ2n) is 5.27. The Labute approximate surface area is 129 Å². The number of likely N-dealkylation sites (N-methyl/N-ethyl adjacent to an activating group) is 1. The zero-order chi connectivity index (χ0) is 15.4. The van der Waals surface area contributed by atoms with Crippen LogP contribution in [0.2, 0.25) is 0 Å². The van der Waals surface area contributed by atoms with Gasteiger partial charge in [0.25, 0.3) is 0 Å². The van der Waals surface area contributed by atoms with Crippen LogP contribution in [0.5, 0.6) is 0 Å². The fraction of sp³-hybridized carbons (Fsp3) is 0.846. The number of ether oxygens (including phenoxy) is 1. The Hall–Kier alpha value is -0.990. The molecule has 0 aliphatic carbocycles. The number of thioether (sulfide) groups is 1. The zero-order valence-electron chi connectivity index (χ0n) is 12.4. The molecule has 3 unspecified atom stereocenters. The Balaban J connectivity index is 1.84. The van der Waals surface area contributed by atoms with Crippen molar-refractivity contribution in [1.82, 2.24) is 15.1 Å². The summed E-state index contributed by atoms with van der Waals surface area (Å²) >= 11 is 1.48. The highest BCUT2D eigenvalue weighted by atomic mass is 32.2. The van der Waals surface area contributed by atoms with Gasteiger partial charge in [-0.15, -0.1) is 11.8 Å². The first-order chi connectivity index (χ1) is 10.0. The first kappa shape index (κ1) is 16.4. The Kier molecular flexibility index (Phi) is 5.72. The lowest BCUT2D eigenvalue weighted by atomic mass is 10.2.